The molecule has 0 spiro atoms. The van der Waals surface area contributed by atoms with Crippen molar-refractivity contribution in [3.05, 3.63) is 29.2 Å². The number of nitrogen functional groups attached to an aromatic ring is 1. The van der Waals surface area contributed by atoms with E-state index in [1.165, 1.54) is 30.7 Å². The molecule has 1 aromatic carbocycles. The summed E-state index contributed by atoms with van der Waals surface area (Å²) in [6.45, 7) is 0.612. The second-order valence-electron chi connectivity index (χ2n) is 4.95. The molecule has 1 aliphatic heterocycles. The molecule has 0 amide bonds. The predicted molar refractivity (Wildman–Crippen MR) is 71.7 cm³/mol. The molecule has 3 rings (SSSR count). The molecule has 2 aliphatic rings. The Morgan fingerprint density at radius 2 is 2.11 bits per heavy atom. The van der Waals surface area contributed by atoms with Gasteiger partial charge in [0.25, 0.3) is 0 Å². The van der Waals surface area contributed by atoms with Crippen LogP contribution in [0.25, 0.3) is 5.57 Å². The highest BCUT2D eigenvalue weighted by Gasteiger charge is 2.27. The molecule has 18 heavy (non-hydrogen) atoms. The summed E-state index contributed by atoms with van der Waals surface area (Å²) in [6, 6.07) is 5.63. The first kappa shape index (κ1) is 11.7. The van der Waals surface area contributed by atoms with Gasteiger partial charge < -0.3 is 11.1 Å². The average molecular weight is 264 g/mol. The monoisotopic (exact) mass is 264 g/mol. The molecule has 5 heteroatoms. The van der Waals surface area contributed by atoms with Crippen molar-refractivity contribution in [3.8, 4) is 0 Å². The third kappa shape index (κ3) is 1.93. The summed E-state index contributed by atoms with van der Waals surface area (Å²) in [4.78, 5) is 0.341. The second kappa shape index (κ2) is 4.10. The summed E-state index contributed by atoms with van der Waals surface area (Å²) in [6.07, 6.45) is 3.64. The third-order valence-corrected chi connectivity index (χ3v) is 5.19. The van der Waals surface area contributed by atoms with Gasteiger partial charge >= 0.3 is 0 Å². The van der Waals surface area contributed by atoms with E-state index in [9.17, 15) is 8.42 Å². The van der Waals surface area contributed by atoms with Crippen LogP contribution in [0.4, 0.5) is 5.69 Å². The Morgan fingerprint density at radius 3 is 2.78 bits per heavy atom. The van der Waals surface area contributed by atoms with Gasteiger partial charge in [-0.25, -0.2) is 8.42 Å². The number of nitrogens with one attached hydrogen (secondary N) is 1. The average Bonchev–Trinajstić information content (AvgIpc) is 2.48. The van der Waals surface area contributed by atoms with Gasteiger partial charge in [0.05, 0.1) is 4.90 Å². The molecule has 1 aliphatic carbocycles. The van der Waals surface area contributed by atoms with Gasteiger partial charge in [-0.3, -0.25) is 0 Å². The van der Waals surface area contributed by atoms with Crippen LogP contribution < -0.4 is 11.1 Å². The lowest BCUT2D eigenvalue weighted by molar-refractivity contribution is 0.353. The standard InChI is InChI=1S/C13H16N2O2S/c14-10-4-5-12-9(7-15-11-2-1-3-11)8-18(16,17)13(12)6-10/h4-6,8,11,15H,1-3,7,14H2. The second-order valence-corrected chi connectivity index (χ2v) is 6.72. The first-order chi connectivity index (χ1) is 8.56. The zero-order valence-corrected chi connectivity index (χ0v) is 10.8. The van der Waals surface area contributed by atoms with E-state index in [4.69, 9.17) is 5.73 Å². The number of hydrogen-bond donors (Lipinski definition) is 2. The largest absolute Gasteiger partial charge is 0.399 e. The molecule has 1 heterocycles. The van der Waals surface area contributed by atoms with Crippen LogP contribution in [0, 0.1) is 0 Å². The van der Waals surface area contributed by atoms with Crippen molar-refractivity contribution in [2.75, 3.05) is 12.3 Å². The molecule has 96 valence electrons. The molecule has 1 saturated carbocycles. The molecule has 0 unspecified atom stereocenters. The van der Waals surface area contributed by atoms with Crippen molar-refractivity contribution in [1.82, 2.24) is 5.32 Å². The van der Waals surface area contributed by atoms with E-state index in [1.54, 1.807) is 12.1 Å². The Morgan fingerprint density at radius 1 is 1.33 bits per heavy atom. The van der Waals surface area contributed by atoms with E-state index < -0.39 is 9.84 Å². The molecule has 3 N–H and O–H groups in total. The van der Waals surface area contributed by atoms with E-state index in [1.807, 2.05) is 0 Å². The number of nitrogens with two attached hydrogens (primary N) is 1. The summed E-state index contributed by atoms with van der Waals surface area (Å²) in [5.74, 6) is 0. The van der Waals surface area contributed by atoms with Crippen molar-refractivity contribution < 1.29 is 8.42 Å². The lowest BCUT2D eigenvalue weighted by atomic mass is 9.93. The zero-order valence-electron chi connectivity index (χ0n) is 10.0. The minimum absolute atomic E-state index is 0.341. The van der Waals surface area contributed by atoms with Crippen molar-refractivity contribution in [2.24, 2.45) is 0 Å². The summed E-state index contributed by atoms with van der Waals surface area (Å²) >= 11 is 0. The van der Waals surface area contributed by atoms with E-state index in [2.05, 4.69) is 5.32 Å². The number of fused-ring (bicyclic) bond motifs is 1. The van der Waals surface area contributed by atoms with Crippen molar-refractivity contribution in [2.45, 2.75) is 30.2 Å². The highest BCUT2D eigenvalue weighted by Crippen LogP contribution is 2.34. The van der Waals surface area contributed by atoms with Crippen LogP contribution >= 0.6 is 0 Å². The third-order valence-electron chi connectivity index (χ3n) is 3.64. The molecular weight excluding hydrogens is 248 g/mol. The Bertz CT molecular complexity index is 616. The van der Waals surface area contributed by atoms with Crippen LogP contribution in [-0.2, 0) is 9.84 Å². The van der Waals surface area contributed by atoms with Crippen molar-refractivity contribution in [1.29, 1.82) is 0 Å². The minimum atomic E-state index is -3.30. The highest BCUT2D eigenvalue weighted by atomic mass is 32.2. The lowest BCUT2D eigenvalue weighted by Gasteiger charge is -2.26. The molecule has 0 atom stereocenters. The van der Waals surface area contributed by atoms with Crippen LogP contribution in [0.2, 0.25) is 0 Å². The number of hydrogen-bond acceptors (Lipinski definition) is 4. The van der Waals surface area contributed by atoms with Crippen LogP contribution in [0.1, 0.15) is 24.8 Å². The van der Waals surface area contributed by atoms with Crippen LogP contribution in [-0.4, -0.2) is 21.0 Å². The highest BCUT2D eigenvalue weighted by molar-refractivity contribution is 7.95. The Labute approximate surface area is 107 Å². The summed E-state index contributed by atoms with van der Waals surface area (Å²) in [5.41, 5.74) is 7.76. The number of sulfone groups is 1. The summed E-state index contributed by atoms with van der Waals surface area (Å²) in [7, 11) is -3.30. The van der Waals surface area contributed by atoms with Gasteiger partial charge in [0.15, 0.2) is 0 Å². The summed E-state index contributed by atoms with van der Waals surface area (Å²) < 4.78 is 24.0. The van der Waals surface area contributed by atoms with Crippen molar-refractivity contribution >= 4 is 21.1 Å². The van der Waals surface area contributed by atoms with E-state index in [0.717, 1.165) is 11.1 Å². The molecule has 1 aromatic rings. The van der Waals surface area contributed by atoms with Gasteiger partial charge in [0, 0.05) is 23.7 Å². The maximum absolute atomic E-state index is 12.0. The van der Waals surface area contributed by atoms with Crippen LogP contribution in [0.5, 0.6) is 0 Å². The van der Waals surface area contributed by atoms with Gasteiger partial charge in [0.2, 0.25) is 9.84 Å². The Balaban J connectivity index is 1.88. The van der Waals surface area contributed by atoms with Gasteiger partial charge in [-0.2, -0.15) is 0 Å². The first-order valence-corrected chi connectivity index (χ1v) is 7.70. The molecule has 4 nitrogen and oxygen atoms in total. The van der Waals surface area contributed by atoms with Gasteiger partial charge in [-0.1, -0.05) is 12.5 Å². The maximum Gasteiger partial charge on any atom is 0.200 e. The van der Waals surface area contributed by atoms with Gasteiger partial charge in [0.1, 0.15) is 0 Å². The topological polar surface area (TPSA) is 72.2 Å². The molecule has 1 fully saturated rings. The van der Waals surface area contributed by atoms with Crippen LogP contribution in [0.15, 0.2) is 28.5 Å². The predicted octanol–water partition coefficient (Wildman–Crippen LogP) is 1.54. The molecule has 0 radical (unpaired) electrons. The molecule has 0 aromatic heterocycles. The minimum Gasteiger partial charge on any atom is -0.399 e. The molecular formula is C13H16N2O2S. The lowest BCUT2D eigenvalue weighted by Crippen LogP contribution is -2.35. The normalized spacial score (nSPS) is 21.2. The maximum atomic E-state index is 12.0. The smallest absolute Gasteiger partial charge is 0.200 e. The Kier molecular flexibility index (Phi) is 2.68. The molecule has 0 bridgehead atoms. The molecule has 0 saturated heterocycles. The zero-order chi connectivity index (χ0) is 12.8. The SMILES string of the molecule is Nc1ccc2c(c1)S(=O)(=O)C=C2CNC1CCC1. The fourth-order valence-electron chi connectivity index (χ4n) is 2.36. The fourth-order valence-corrected chi connectivity index (χ4v) is 3.88. The van der Waals surface area contributed by atoms with E-state index >= 15 is 0 Å². The van der Waals surface area contributed by atoms with Crippen LogP contribution in [0.3, 0.4) is 0 Å². The quantitative estimate of drug-likeness (QED) is 0.812. The first-order valence-electron chi connectivity index (χ1n) is 6.15. The van der Waals surface area contributed by atoms with E-state index in [-0.39, 0.29) is 0 Å². The number of rotatable bonds is 3. The van der Waals surface area contributed by atoms with Gasteiger partial charge in [-0.15, -0.1) is 0 Å². The Hall–Kier alpha value is -1.33. The van der Waals surface area contributed by atoms with Crippen molar-refractivity contribution in [3.63, 3.8) is 0 Å². The van der Waals surface area contributed by atoms with Gasteiger partial charge in [-0.05, 0) is 36.1 Å². The number of anilines is 1. The van der Waals surface area contributed by atoms with E-state index in [0.29, 0.717) is 23.2 Å². The summed E-state index contributed by atoms with van der Waals surface area (Å²) in [5, 5.41) is 4.75. The fraction of sp³-hybridized carbons (Fsp3) is 0.385. The number of benzene rings is 1.